The molecule has 1 aliphatic heterocycles. The highest BCUT2D eigenvalue weighted by molar-refractivity contribution is 6.00. The Kier molecular flexibility index (Phi) is 2.02. The van der Waals surface area contributed by atoms with Crippen molar-refractivity contribution in [2.75, 3.05) is 0 Å². The molecule has 0 saturated carbocycles. The van der Waals surface area contributed by atoms with Crippen molar-refractivity contribution in [1.82, 2.24) is 5.43 Å². The molecule has 0 aliphatic carbocycles. The second-order valence-electron chi connectivity index (χ2n) is 3.33. The fraction of sp³-hybridized carbons (Fsp3) is 0.300. The first-order chi connectivity index (χ1) is 6.31. The summed E-state index contributed by atoms with van der Waals surface area (Å²) in [4.78, 5) is 4.42. The third-order valence-electron chi connectivity index (χ3n) is 2.27. The molecule has 0 saturated heterocycles. The summed E-state index contributed by atoms with van der Waals surface area (Å²) in [6.45, 7) is 2.09. The second kappa shape index (κ2) is 3.18. The van der Waals surface area contributed by atoms with Gasteiger partial charge in [-0.25, -0.2) is 5.84 Å². The van der Waals surface area contributed by atoms with Gasteiger partial charge in [0.25, 0.3) is 0 Å². The van der Waals surface area contributed by atoms with Crippen LogP contribution in [0.4, 0.5) is 0 Å². The maximum Gasteiger partial charge on any atom is 0.143 e. The molecule has 1 aromatic carbocycles. The fourth-order valence-corrected chi connectivity index (χ4v) is 1.70. The highest BCUT2D eigenvalue weighted by atomic mass is 15.3. The van der Waals surface area contributed by atoms with Crippen LogP contribution in [0.1, 0.15) is 18.1 Å². The van der Waals surface area contributed by atoms with Crippen LogP contribution < -0.4 is 11.3 Å². The molecule has 1 aliphatic rings. The second-order valence-corrected chi connectivity index (χ2v) is 3.33. The number of hydrogen-bond acceptors (Lipinski definition) is 3. The molecule has 0 bridgehead atoms. The summed E-state index contributed by atoms with van der Waals surface area (Å²) in [6.07, 6.45) is 1.00. The Balaban J connectivity index is 2.49. The minimum absolute atomic E-state index is 0.320. The molecular formula is C10H13N3. The Hall–Kier alpha value is -1.35. The average molecular weight is 175 g/mol. The first-order valence-electron chi connectivity index (χ1n) is 4.44. The summed E-state index contributed by atoms with van der Waals surface area (Å²) in [7, 11) is 0. The molecule has 1 heterocycles. The monoisotopic (exact) mass is 175 g/mol. The highest BCUT2D eigenvalue weighted by Gasteiger charge is 2.16. The Morgan fingerprint density at radius 2 is 2.23 bits per heavy atom. The van der Waals surface area contributed by atoms with Crippen LogP contribution in [0.5, 0.6) is 0 Å². The first kappa shape index (κ1) is 8.26. The van der Waals surface area contributed by atoms with Crippen LogP contribution in [0, 0.1) is 0 Å². The van der Waals surface area contributed by atoms with E-state index >= 15 is 0 Å². The van der Waals surface area contributed by atoms with Crippen LogP contribution in [0.25, 0.3) is 0 Å². The van der Waals surface area contributed by atoms with Crippen molar-refractivity contribution < 1.29 is 0 Å². The van der Waals surface area contributed by atoms with Crippen LogP contribution in [-0.4, -0.2) is 11.9 Å². The van der Waals surface area contributed by atoms with E-state index < -0.39 is 0 Å². The van der Waals surface area contributed by atoms with Crippen molar-refractivity contribution in [3.8, 4) is 0 Å². The predicted molar refractivity (Wildman–Crippen MR) is 53.5 cm³/mol. The Bertz CT molecular complexity index is 344. The van der Waals surface area contributed by atoms with Gasteiger partial charge in [0.1, 0.15) is 5.84 Å². The number of nitrogens with zero attached hydrogens (tertiary/aromatic N) is 1. The van der Waals surface area contributed by atoms with Gasteiger partial charge >= 0.3 is 0 Å². The van der Waals surface area contributed by atoms with E-state index in [1.54, 1.807) is 0 Å². The van der Waals surface area contributed by atoms with E-state index in [0.29, 0.717) is 6.04 Å². The predicted octanol–water partition coefficient (Wildman–Crippen LogP) is 0.841. The molecule has 3 nitrogen and oxygen atoms in total. The topological polar surface area (TPSA) is 50.4 Å². The Labute approximate surface area is 77.6 Å². The molecule has 0 radical (unpaired) electrons. The van der Waals surface area contributed by atoms with E-state index in [0.717, 1.165) is 17.8 Å². The standard InChI is InChI=1S/C10H13N3/c1-7-6-8-4-2-3-5-9(8)10(12-7)13-11/h2-5,7H,6,11H2,1H3,(H,12,13). The zero-order chi connectivity index (χ0) is 9.26. The number of nitrogens with one attached hydrogen (secondary N) is 1. The first-order valence-corrected chi connectivity index (χ1v) is 4.44. The van der Waals surface area contributed by atoms with E-state index in [4.69, 9.17) is 5.84 Å². The summed E-state index contributed by atoms with van der Waals surface area (Å²) >= 11 is 0. The van der Waals surface area contributed by atoms with Crippen molar-refractivity contribution in [3.05, 3.63) is 35.4 Å². The molecular weight excluding hydrogens is 162 g/mol. The van der Waals surface area contributed by atoms with E-state index in [2.05, 4.69) is 23.4 Å². The lowest BCUT2D eigenvalue weighted by Crippen LogP contribution is -2.35. The van der Waals surface area contributed by atoms with E-state index in [-0.39, 0.29) is 0 Å². The van der Waals surface area contributed by atoms with E-state index in [1.807, 2.05) is 18.2 Å². The molecule has 2 rings (SSSR count). The van der Waals surface area contributed by atoms with Gasteiger partial charge in [0.15, 0.2) is 0 Å². The molecule has 0 spiro atoms. The number of benzene rings is 1. The van der Waals surface area contributed by atoms with Crippen molar-refractivity contribution in [3.63, 3.8) is 0 Å². The number of rotatable bonds is 0. The molecule has 1 atom stereocenters. The summed E-state index contributed by atoms with van der Waals surface area (Å²) < 4.78 is 0. The summed E-state index contributed by atoms with van der Waals surface area (Å²) in [6, 6.07) is 8.53. The molecule has 13 heavy (non-hydrogen) atoms. The zero-order valence-electron chi connectivity index (χ0n) is 7.62. The van der Waals surface area contributed by atoms with Gasteiger partial charge in [0, 0.05) is 5.56 Å². The smallest absolute Gasteiger partial charge is 0.143 e. The van der Waals surface area contributed by atoms with Crippen LogP contribution >= 0.6 is 0 Å². The van der Waals surface area contributed by atoms with E-state index in [1.165, 1.54) is 5.56 Å². The number of fused-ring (bicyclic) bond motifs is 1. The molecule has 3 N–H and O–H groups in total. The SMILES string of the molecule is CC1Cc2ccccc2C(NN)=N1. The molecule has 0 aromatic heterocycles. The molecule has 1 unspecified atom stereocenters. The molecule has 0 fully saturated rings. The van der Waals surface area contributed by atoms with Crippen LogP contribution in [-0.2, 0) is 6.42 Å². The third-order valence-corrected chi connectivity index (χ3v) is 2.27. The highest BCUT2D eigenvalue weighted by Crippen LogP contribution is 2.17. The zero-order valence-corrected chi connectivity index (χ0v) is 7.62. The average Bonchev–Trinajstić information content (AvgIpc) is 2.16. The lowest BCUT2D eigenvalue weighted by molar-refractivity contribution is 0.716. The van der Waals surface area contributed by atoms with Crippen LogP contribution in [0.15, 0.2) is 29.3 Å². The summed E-state index contributed by atoms with van der Waals surface area (Å²) in [5.74, 6) is 6.20. The number of hydrogen-bond donors (Lipinski definition) is 2. The van der Waals surface area contributed by atoms with Crippen molar-refractivity contribution in [2.45, 2.75) is 19.4 Å². The van der Waals surface area contributed by atoms with Gasteiger partial charge < -0.3 is 5.43 Å². The number of amidine groups is 1. The molecule has 3 heteroatoms. The van der Waals surface area contributed by atoms with Crippen molar-refractivity contribution in [2.24, 2.45) is 10.8 Å². The fourth-order valence-electron chi connectivity index (χ4n) is 1.70. The summed E-state index contributed by atoms with van der Waals surface area (Å²) in [5, 5.41) is 0. The maximum absolute atomic E-state index is 5.40. The largest absolute Gasteiger partial charge is 0.308 e. The maximum atomic E-state index is 5.40. The van der Waals surface area contributed by atoms with Gasteiger partial charge in [-0.3, -0.25) is 4.99 Å². The van der Waals surface area contributed by atoms with Crippen molar-refractivity contribution in [1.29, 1.82) is 0 Å². The minimum Gasteiger partial charge on any atom is -0.308 e. The number of nitrogens with two attached hydrogens (primary N) is 1. The van der Waals surface area contributed by atoms with Crippen molar-refractivity contribution >= 4 is 5.84 Å². The van der Waals surface area contributed by atoms with Gasteiger partial charge in [0.05, 0.1) is 6.04 Å². The van der Waals surface area contributed by atoms with Gasteiger partial charge in [-0.15, -0.1) is 0 Å². The number of aliphatic imine (C=N–C) groups is 1. The molecule has 68 valence electrons. The Morgan fingerprint density at radius 1 is 1.46 bits per heavy atom. The van der Waals surface area contributed by atoms with Gasteiger partial charge in [0.2, 0.25) is 0 Å². The van der Waals surface area contributed by atoms with Gasteiger partial charge in [-0.2, -0.15) is 0 Å². The molecule has 1 aromatic rings. The lowest BCUT2D eigenvalue weighted by atomic mass is 9.97. The molecule has 0 amide bonds. The minimum atomic E-state index is 0.320. The quantitative estimate of drug-likeness (QED) is 0.453. The Morgan fingerprint density at radius 3 is 3.00 bits per heavy atom. The van der Waals surface area contributed by atoms with E-state index in [9.17, 15) is 0 Å². The van der Waals surface area contributed by atoms with Gasteiger partial charge in [-0.05, 0) is 18.9 Å². The van der Waals surface area contributed by atoms with Gasteiger partial charge in [-0.1, -0.05) is 24.3 Å². The number of hydrazine groups is 1. The third kappa shape index (κ3) is 1.42. The lowest BCUT2D eigenvalue weighted by Gasteiger charge is -2.20. The summed E-state index contributed by atoms with van der Waals surface area (Å²) in [5.41, 5.74) is 5.09. The van der Waals surface area contributed by atoms with Crippen LogP contribution in [0.2, 0.25) is 0 Å². The van der Waals surface area contributed by atoms with Crippen LogP contribution in [0.3, 0.4) is 0 Å². The normalized spacial score (nSPS) is 20.5.